The van der Waals surface area contributed by atoms with Crippen molar-refractivity contribution >= 4 is 11.9 Å². The Morgan fingerprint density at radius 3 is 2.43 bits per heavy atom. The van der Waals surface area contributed by atoms with E-state index in [9.17, 15) is 9.59 Å². The Morgan fingerprint density at radius 2 is 1.83 bits per heavy atom. The maximum atomic E-state index is 12.0. The molecule has 1 aromatic carbocycles. The third-order valence-corrected chi connectivity index (χ3v) is 4.06. The van der Waals surface area contributed by atoms with Gasteiger partial charge in [-0.05, 0) is 24.3 Å². The van der Waals surface area contributed by atoms with Crippen LogP contribution in [0.5, 0.6) is 0 Å². The van der Waals surface area contributed by atoms with Gasteiger partial charge in [-0.25, -0.2) is 4.79 Å². The largest absolute Gasteiger partial charge is 0.343 e. The van der Waals surface area contributed by atoms with Gasteiger partial charge in [0.25, 0.3) is 0 Å². The molecule has 3 amide bonds. The predicted molar refractivity (Wildman–Crippen MR) is 90.9 cm³/mol. The second kappa shape index (κ2) is 8.56. The zero-order chi connectivity index (χ0) is 16.7. The van der Waals surface area contributed by atoms with Crippen molar-refractivity contribution in [3.05, 3.63) is 35.9 Å². The second-order valence-electron chi connectivity index (χ2n) is 6.57. The smallest absolute Gasteiger partial charge is 0.315 e. The van der Waals surface area contributed by atoms with Crippen LogP contribution < -0.4 is 10.6 Å². The number of carbonyl (C=O) groups is 2. The van der Waals surface area contributed by atoms with Crippen molar-refractivity contribution in [1.29, 1.82) is 0 Å². The van der Waals surface area contributed by atoms with Gasteiger partial charge >= 0.3 is 6.03 Å². The number of likely N-dealkylation sites (tertiary alicyclic amines) is 1. The lowest BCUT2D eigenvalue weighted by Crippen LogP contribution is -2.49. The fourth-order valence-electron chi connectivity index (χ4n) is 2.77. The van der Waals surface area contributed by atoms with Crippen molar-refractivity contribution in [2.75, 3.05) is 13.1 Å². The molecule has 2 rings (SSSR count). The molecule has 2 N–H and O–H groups in total. The Hall–Kier alpha value is -2.04. The SMILES string of the molecule is CC(C)CC(=O)N1CCC(NC(=O)NCc2ccccc2)CC1. The number of urea groups is 1. The van der Waals surface area contributed by atoms with E-state index in [-0.39, 0.29) is 18.0 Å². The molecule has 1 aliphatic heterocycles. The van der Waals surface area contributed by atoms with Crippen LogP contribution in [0, 0.1) is 5.92 Å². The molecule has 1 saturated heterocycles. The normalized spacial score (nSPS) is 15.5. The number of amides is 3. The molecule has 1 heterocycles. The van der Waals surface area contributed by atoms with Crippen LogP contribution in [0.25, 0.3) is 0 Å². The molecular weight excluding hydrogens is 290 g/mol. The van der Waals surface area contributed by atoms with Crippen molar-refractivity contribution < 1.29 is 9.59 Å². The summed E-state index contributed by atoms with van der Waals surface area (Å²) in [4.78, 5) is 25.9. The number of hydrogen-bond acceptors (Lipinski definition) is 2. The van der Waals surface area contributed by atoms with Gasteiger partial charge in [-0.3, -0.25) is 4.79 Å². The molecule has 1 aliphatic rings. The lowest BCUT2D eigenvalue weighted by atomic mass is 10.0. The van der Waals surface area contributed by atoms with Crippen LogP contribution in [0.1, 0.15) is 38.7 Å². The first-order chi connectivity index (χ1) is 11.0. The molecule has 0 aromatic heterocycles. The lowest BCUT2D eigenvalue weighted by molar-refractivity contribution is -0.133. The Morgan fingerprint density at radius 1 is 1.17 bits per heavy atom. The van der Waals surface area contributed by atoms with Gasteiger partial charge in [-0.15, -0.1) is 0 Å². The van der Waals surface area contributed by atoms with Crippen molar-refractivity contribution in [2.24, 2.45) is 5.92 Å². The number of nitrogens with one attached hydrogen (secondary N) is 2. The highest BCUT2D eigenvalue weighted by Crippen LogP contribution is 2.13. The van der Waals surface area contributed by atoms with E-state index >= 15 is 0 Å². The van der Waals surface area contributed by atoms with Crippen LogP contribution in [0.15, 0.2) is 30.3 Å². The van der Waals surface area contributed by atoms with E-state index in [0.717, 1.165) is 31.5 Å². The molecule has 5 heteroatoms. The minimum atomic E-state index is -0.138. The van der Waals surface area contributed by atoms with Crippen LogP contribution in [0.2, 0.25) is 0 Å². The molecule has 0 saturated carbocycles. The van der Waals surface area contributed by atoms with Crippen molar-refractivity contribution in [2.45, 2.75) is 45.7 Å². The van der Waals surface area contributed by atoms with E-state index < -0.39 is 0 Å². The molecule has 0 aliphatic carbocycles. The molecule has 23 heavy (non-hydrogen) atoms. The van der Waals surface area contributed by atoms with Gasteiger partial charge in [0.2, 0.25) is 5.91 Å². The van der Waals surface area contributed by atoms with Crippen LogP contribution in [-0.4, -0.2) is 36.0 Å². The Balaban J connectivity index is 1.67. The fraction of sp³-hybridized carbons (Fsp3) is 0.556. The average molecular weight is 317 g/mol. The quantitative estimate of drug-likeness (QED) is 0.876. The van der Waals surface area contributed by atoms with Crippen LogP contribution in [-0.2, 0) is 11.3 Å². The number of hydrogen-bond donors (Lipinski definition) is 2. The first kappa shape index (κ1) is 17.3. The molecule has 1 fully saturated rings. The van der Waals surface area contributed by atoms with Gasteiger partial charge in [0, 0.05) is 32.1 Å². The van der Waals surface area contributed by atoms with E-state index in [0.29, 0.717) is 18.9 Å². The Kier molecular flexibility index (Phi) is 6.44. The van der Waals surface area contributed by atoms with Crippen molar-refractivity contribution in [3.63, 3.8) is 0 Å². The molecule has 1 aromatic rings. The van der Waals surface area contributed by atoms with Crippen molar-refractivity contribution in [3.8, 4) is 0 Å². The third-order valence-electron chi connectivity index (χ3n) is 4.06. The van der Waals surface area contributed by atoms with Crippen LogP contribution >= 0.6 is 0 Å². The van der Waals surface area contributed by atoms with E-state index in [1.54, 1.807) is 0 Å². The highest BCUT2D eigenvalue weighted by atomic mass is 16.2. The summed E-state index contributed by atoms with van der Waals surface area (Å²) >= 11 is 0. The minimum absolute atomic E-state index is 0.138. The number of benzene rings is 1. The molecule has 0 spiro atoms. The van der Waals surface area contributed by atoms with Crippen molar-refractivity contribution in [1.82, 2.24) is 15.5 Å². The fourth-order valence-corrected chi connectivity index (χ4v) is 2.77. The highest BCUT2D eigenvalue weighted by Gasteiger charge is 2.23. The molecule has 0 bridgehead atoms. The summed E-state index contributed by atoms with van der Waals surface area (Å²) in [5, 5.41) is 5.88. The van der Waals surface area contributed by atoms with Gasteiger partial charge in [0.05, 0.1) is 0 Å². The summed E-state index contributed by atoms with van der Waals surface area (Å²) < 4.78 is 0. The first-order valence-electron chi connectivity index (χ1n) is 8.40. The number of nitrogens with zero attached hydrogens (tertiary/aromatic N) is 1. The number of carbonyl (C=O) groups excluding carboxylic acids is 2. The topological polar surface area (TPSA) is 61.4 Å². The number of piperidine rings is 1. The summed E-state index contributed by atoms with van der Waals surface area (Å²) in [6.45, 7) is 6.11. The standard InChI is InChI=1S/C18H27N3O2/c1-14(2)12-17(22)21-10-8-16(9-11-21)20-18(23)19-13-15-6-4-3-5-7-15/h3-7,14,16H,8-13H2,1-2H3,(H2,19,20,23). The maximum Gasteiger partial charge on any atom is 0.315 e. The molecule has 5 nitrogen and oxygen atoms in total. The monoisotopic (exact) mass is 317 g/mol. The Bertz CT molecular complexity index is 508. The number of rotatable bonds is 5. The summed E-state index contributed by atoms with van der Waals surface area (Å²) in [7, 11) is 0. The van der Waals surface area contributed by atoms with Gasteiger partial charge in [0.1, 0.15) is 0 Å². The first-order valence-corrected chi connectivity index (χ1v) is 8.40. The zero-order valence-corrected chi connectivity index (χ0v) is 14.0. The van der Waals surface area contributed by atoms with E-state index in [1.807, 2.05) is 35.2 Å². The van der Waals surface area contributed by atoms with E-state index in [1.165, 1.54) is 0 Å². The summed E-state index contributed by atoms with van der Waals surface area (Å²) in [5.74, 6) is 0.620. The third kappa shape index (κ3) is 5.93. The maximum absolute atomic E-state index is 12.0. The molecule has 0 atom stereocenters. The minimum Gasteiger partial charge on any atom is -0.343 e. The highest BCUT2D eigenvalue weighted by molar-refractivity contribution is 5.76. The summed E-state index contributed by atoms with van der Waals surface area (Å²) in [6, 6.07) is 9.85. The second-order valence-corrected chi connectivity index (χ2v) is 6.57. The van der Waals surface area contributed by atoms with Crippen LogP contribution in [0.4, 0.5) is 4.79 Å². The van der Waals surface area contributed by atoms with Gasteiger partial charge in [-0.2, -0.15) is 0 Å². The molecule has 0 radical (unpaired) electrons. The average Bonchev–Trinajstić information content (AvgIpc) is 2.54. The molecule has 0 unspecified atom stereocenters. The zero-order valence-electron chi connectivity index (χ0n) is 14.0. The molecular formula is C18H27N3O2. The summed E-state index contributed by atoms with van der Waals surface area (Å²) in [6.07, 6.45) is 2.25. The van der Waals surface area contributed by atoms with Gasteiger partial charge in [0.15, 0.2) is 0 Å². The van der Waals surface area contributed by atoms with Gasteiger partial charge < -0.3 is 15.5 Å². The summed E-state index contributed by atoms with van der Waals surface area (Å²) in [5.41, 5.74) is 1.08. The van der Waals surface area contributed by atoms with E-state index in [4.69, 9.17) is 0 Å². The lowest BCUT2D eigenvalue weighted by Gasteiger charge is -2.32. The Labute approximate surface area is 138 Å². The van der Waals surface area contributed by atoms with E-state index in [2.05, 4.69) is 24.5 Å². The van der Waals surface area contributed by atoms with Gasteiger partial charge in [-0.1, -0.05) is 44.2 Å². The van der Waals surface area contributed by atoms with Crippen LogP contribution in [0.3, 0.4) is 0 Å². The molecule has 126 valence electrons. The predicted octanol–water partition coefficient (Wildman–Crippen LogP) is 2.52.